The highest BCUT2D eigenvalue weighted by atomic mass is 79.9. The number of carbonyl (C=O) groups is 2. The first kappa shape index (κ1) is 14.2. The van der Waals surface area contributed by atoms with Gasteiger partial charge in [-0.05, 0) is 36.7 Å². The Labute approximate surface area is 112 Å². The summed E-state index contributed by atoms with van der Waals surface area (Å²) in [4.78, 5) is 23.0. The van der Waals surface area contributed by atoms with Gasteiger partial charge in [0.15, 0.2) is 5.78 Å². The molecule has 1 N–H and O–H groups in total. The van der Waals surface area contributed by atoms with Gasteiger partial charge in [0.1, 0.15) is 5.60 Å². The molecular weight excluding hydrogens is 306 g/mol. The van der Waals surface area contributed by atoms with E-state index >= 15 is 0 Å². The molecule has 0 aliphatic rings. The average Bonchev–Trinajstić information content (AvgIpc) is 2.58. The molecule has 1 rings (SSSR count). The van der Waals surface area contributed by atoms with Crippen LogP contribution in [0.4, 0.5) is 4.79 Å². The first-order chi connectivity index (χ1) is 7.79. The van der Waals surface area contributed by atoms with E-state index in [0.29, 0.717) is 5.56 Å². The van der Waals surface area contributed by atoms with Crippen molar-refractivity contribution in [2.75, 3.05) is 6.54 Å². The highest BCUT2D eigenvalue weighted by Gasteiger charge is 2.17. The molecule has 0 aliphatic carbocycles. The minimum absolute atomic E-state index is 0.0652. The van der Waals surface area contributed by atoms with Gasteiger partial charge in [0, 0.05) is 20.8 Å². The monoisotopic (exact) mass is 319 g/mol. The zero-order valence-electron chi connectivity index (χ0n) is 9.87. The Bertz CT molecular complexity index is 423. The molecule has 0 atom stereocenters. The van der Waals surface area contributed by atoms with Crippen molar-refractivity contribution in [3.8, 4) is 0 Å². The molecule has 0 spiro atoms. The van der Waals surface area contributed by atoms with Gasteiger partial charge < -0.3 is 10.1 Å². The number of hydrogen-bond donors (Lipinski definition) is 1. The van der Waals surface area contributed by atoms with Crippen molar-refractivity contribution in [1.29, 1.82) is 0 Å². The van der Waals surface area contributed by atoms with E-state index < -0.39 is 11.7 Å². The zero-order chi connectivity index (χ0) is 13.1. The number of rotatable bonds is 3. The Kier molecular flexibility index (Phi) is 4.70. The van der Waals surface area contributed by atoms with Crippen LogP contribution in [-0.2, 0) is 4.74 Å². The van der Waals surface area contributed by atoms with Crippen molar-refractivity contribution in [1.82, 2.24) is 5.32 Å². The number of carbonyl (C=O) groups excluding carboxylic acids is 2. The standard InChI is InChI=1S/C11H14BrNO3S/c1-11(2,3)16-10(15)13-4-9(14)7-5-17-6-8(7)12/h5-6H,4H2,1-3H3,(H,13,15). The molecule has 94 valence electrons. The van der Waals surface area contributed by atoms with Gasteiger partial charge in [0.25, 0.3) is 0 Å². The fraction of sp³-hybridized carbons (Fsp3) is 0.455. The Hall–Kier alpha value is -0.880. The minimum atomic E-state index is -0.586. The summed E-state index contributed by atoms with van der Waals surface area (Å²) in [5.74, 6) is -0.149. The van der Waals surface area contributed by atoms with E-state index in [1.54, 1.807) is 26.2 Å². The SMILES string of the molecule is CC(C)(C)OC(=O)NCC(=O)c1cscc1Br. The largest absolute Gasteiger partial charge is 0.444 e. The number of Topliss-reactive ketones (excluding diaryl/α,β-unsaturated/α-hetero) is 1. The third-order valence-electron chi connectivity index (χ3n) is 1.71. The van der Waals surface area contributed by atoms with Crippen LogP contribution in [0.15, 0.2) is 15.2 Å². The van der Waals surface area contributed by atoms with Crippen LogP contribution in [0.3, 0.4) is 0 Å². The van der Waals surface area contributed by atoms with Crippen LogP contribution in [0.5, 0.6) is 0 Å². The number of nitrogens with one attached hydrogen (secondary N) is 1. The topological polar surface area (TPSA) is 55.4 Å². The van der Waals surface area contributed by atoms with Gasteiger partial charge in [0.05, 0.1) is 6.54 Å². The number of ether oxygens (including phenoxy) is 1. The van der Waals surface area contributed by atoms with Crippen LogP contribution in [0, 0.1) is 0 Å². The van der Waals surface area contributed by atoms with E-state index in [0.717, 1.165) is 4.47 Å². The Morgan fingerprint density at radius 2 is 2.06 bits per heavy atom. The molecule has 0 aromatic carbocycles. The lowest BCUT2D eigenvalue weighted by Crippen LogP contribution is -2.35. The summed E-state index contributed by atoms with van der Waals surface area (Å²) >= 11 is 4.70. The van der Waals surface area contributed by atoms with E-state index in [9.17, 15) is 9.59 Å². The summed E-state index contributed by atoms with van der Waals surface area (Å²) in [6.07, 6.45) is -0.586. The minimum Gasteiger partial charge on any atom is -0.444 e. The second-order valence-corrected chi connectivity index (χ2v) is 6.01. The maximum atomic E-state index is 11.7. The fourth-order valence-electron chi connectivity index (χ4n) is 1.04. The molecular formula is C11H14BrNO3S. The fourth-order valence-corrected chi connectivity index (χ4v) is 2.56. The highest BCUT2D eigenvalue weighted by Crippen LogP contribution is 2.21. The molecule has 0 aliphatic heterocycles. The number of ketones is 1. The van der Waals surface area contributed by atoms with E-state index in [1.165, 1.54) is 11.3 Å². The number of halogens is 1. The lowest BCUT2D eigenvalue weighted by Gasteiger charge is -2.19. The van der Waals surface area contributed by atoms with Crippen molar-refractivity contribution in [3.63, 3.8) is 0 Å². The highest BCUT2D eigenvalue weighted by molar-refractivity contribution is 9.10. The van der Waals surface area contributed by atoms with Crippen LogP contribution >= 0.6 is 27.3 Å². The molecule has 0 saturated carbocycles. The summed E-state index contributed by atoms with van der Waals surface area (Å²) in [6, 6.07) is 0. The molecule has 4 nitrogen and oxygen atoms in total. The Morgan fingerprint density at radius 3 is 2.53 bits per heavy atom. The summed E-state index contributed by atoms with van der Waals surface area (Å²) < 4.78 is 5.77. The third-order valence-corrected chi connectivity index (χ3v) is 3.41. The first-order valence-electron chi connectivity index (χ1n) is 5.01. The molecule has 0 fully saturated rings. The van der Waals surface area contributed by atoms with Gasteiger partial charge in [-0.15, -0.1) is 0 Å². The molecule has 0 bridgehead atoms. The maximum absolute atomic E-state index is 11.7. The normalized spacial score (nSPS) is 11.1. The second kappa shape index (κ2) is 5.64. The number of thiophene rings is 1. The van der Waals surface area contributed by atoms with Crippen LogP contribution < -0.4 is 5.32 Å². The van der Waals surface area contributed by atoms with Crippen molar-refractivity contribution in [2.45, 2.75) is 26.4 Å². The summed E-state index contributed by atoms with van der Waals surface area (Å²) in [5.41, 5.74) is 0.0156. The van der Waals surface area contributed by atoms with E-state index in [-0.39, 0.29) is 12.3 Å². The Balaban J connectivity index is 2.45. The predicted molar refractivity (Wildman–Crippen MR) is 70.6 cm³/mol. The van der Waals surface area contributed by atoms with Gasteiger partial charge >= 0.3 is 6.09 Å². The van der Waals surface area contributed by atoms with Gasteiger partial charge in [-0.25, -0.2) is 4.79 Å². The molecule has 1 heterocycles. The molecule has 0 unspecified atom stereocenters. The van der Waals surface area contributed by atoms with Gasteiger partial charge in [-0.3, -0.25) is 4.79 Å². The van der Waals surface area contributed by atoms with Crippen LogP contribution in [0.1, 0.15) is 31.1 Å². The van der Waals surface area contributed by atoms with Crippen LogP contribution in [-0.4, -0.2) is 24.0 Å². The average molecular weight is 320 g/mol. The first-order valence-corrected chi connectivity index (χ1v) is 6.75. The maximum Gasteiger partial charge on any atom is 0.408 e. The van der Waals surface area contributed by atoms with E-state index in [1.807, 2.05) is 5.38 Å². The number of hydrogen-bond acceptors (Lipinski definition) is 4. The second-order valence-electron chi connectivity index (χ2n) is 4.41. The number of amides is 1. The van der Waals surface area contributed by atoms with Crippen LogP contribution in [0.25, 0.3) is 0 Å². The van der Waals surface area contributed by atoms with Crippen molar-refractivity contribution >= 4 is 39.1 Å². The zero-order valence-corrected chi connectivity index (χ0v) is 12.3. The predicted octanol–water partition coefficient (Wildman–Crippen LogP) is 3.22. The summed E-state index contributed by atoms with van der Waals surface area (Å²) in [6.45, 7) is 5.24. The Morgan fingerprint density at radius 1 is 1.41 bits per heavy atom. The van der Waals surface area contributed by atoms with Crippen molar-refractivity contribution < 1.29 is 14.3 Å². The van der Waals surface area contributed by atoms with Crippen molar-refractivity contribution in [2.24, 2.45) is 0 Å². The van der Waals surface area contributed by atoms with Gasteiger partial charge in [-0.2, -0.15) is 11.3 Å². The lowest BCUT2D eigenvalue weighted by molar-refractivity contribution is 0.0520. The van der Waals surface area contributed by atoms with Crippen molar-refractivity contribution in [3.05, 3.63) is 20.8 Å². The molecule has 6 heteroatoms. The molecule has 0 radical (unpaired) electrons. The molecule has 1 aromatic rings. The van der Waals surface area contributed by atoms with E-state index in [4.69, 9.17) is 4.74 Å². The molecule has 0 saturated heterocycles. The smallest absolute Gasteiger partial charge is 0.408 e. The van der Waals surface area contributed by atoms with Gasteiger partial charge in [-0.1, -0.05) is 0 Å². The summed E-state index contributed by atoms with van der Waals surface area (Å²) in [7, 11) is 0. The third kappa shape index (κ3) is 4.87. The molecule has 17 heavy (non-hydrogen) atoms. The van der Waals surface area contributed by atoms with Crippen LogP contribution in [0.2, 0.25) is 0 Å². The number of alkyl carbamates (subject to hydrolysis) is 1. The lowest BCUT2D eigenvalue weighted by atomic mass is 10.2. The van der Waals surface area contributed by atoms with E-state index in [2.05, 4.69) is 21.2 Å². The summed E-state index contributed by atoms with van der Waals surface area (Å²) in [5, 5.41) is 5.99. The molecule has 1 amide bonds. The quantitative estimate of drug-likeness (QED) is 0.870. The molecule has 1 aromatic heterocycles. The van der Waals surface area contributed by atoms with Gasteiger partial charge in [0.2, 0.25) is 0 Å².